The Balaban J connectivity index is 1.62. The molecule has 0 spiro atoms. The van der Waals surface area contributed by atoms with E-state index < -0.39 is 5.97 Å². The van der Waals surface area contributed by atoms with Crippen molar-refractivity contribution in [1.82, 2.24) is 10.6 Å². The van der Waals surface area contributed by atoms with Crippen molar-refractivity contribution in [3.63, 3.8) is 0 Å². The minimum Gasteiger partial charge on any atom is -0.481 e. The molecule has 2 heterocycles. The molecular formula is C12H20N2O3. The zero-order valence-corrected chi connectivity index (χ0v) is 9.95. The van der Waals surface area contributed by atoms with E-state index in [0.29, 0.717) is 18.1 Å². The Bertz CT molecular complexity index is 313. The molecule has 2 aliphatic heterocycles. The maximum absolute atomic E-state index is 10.9. The average Bonchev–Trinajstić information content (AvgIpc) is 2.96. The highest BCUT2D eigenvalue weighted by Gasteiger charge is 2.46. The van der Waals surface area contributed by atoms with Gasteiger partial charge in [-0.3, -0.25) is 4.79 Å². The predicted octanol–water partition coefficient (Wildman–Crippen LogP) is -0.0398. The Kier molecular flexibility index (Phi) is 2.84. The quantitative estimate of drug-likeness (QED) is 0.629. The zero-order valence-electron chi connectivity index (χ0n) is 9.95. The summed E-state index contributed by atoms with van der Waals surface area (Å²) in [5.41, 5.74) is -0.239. The molecule has 1 aliphatic carbocycles. The van der Waals surface area contributed by atoms with E-state index >= 15 is 0 Å². The number of rotatable bonds is 5. The molecule has 0 aromatic carbocycles. The topological polar surface area (TPSA) is 70.6 Å². The Labute approximate surface area is 101 Å². The molecule has 2 unspecified atom stereocenters. The molecule has 5 nitrogen and oxygen atoms in total. The first-order chi connectivity index (χ1) is 8.19. The summed E-state index contributed by atoms with van der Waals surface area (Å²) in [4.78, 5) is 10.9. The highest BCUT2D eigenvalue weighted by molar-refractivity contribution is 5.68. The third-order valence-electron chi connectivity index (χ3n) is 4.13. The molecule has 5 heteroatoms. The number of carbonyl (C=O) groups is 1. The molecule has 1 saturated carbocycles. The third kappa shape index (κ3) is 2.32. The standard InChI is InChI=1S/C12H20N2O3/c15-10(16)5-12(6-13-7-12)14-9-3-4-17-11(9)8-1-2-8/h8-9,11,13-14H,1-7H2,(H,15,16). The van der Waals surface area contributed by atoms with Crippen molar-refractivity contribution in [1.29, 1.82) is 0 Å². The molecule has 3 N–H and O–H groups in total. The van der Waals surface area contributed by atoms with Crippen LogP contribution in [0, 0.1) is 5.92 Å². The Morgan fingerprint density at radius 2 is 2.18 bits per heavy atom. The van der Waals surface area contributed by atoms with Crippen molar-refractivity contribution < 1.29 is 14.6 Å². The fourth-order valence-corrected chi connectivity index (χ4v) is 3.04. The molecular weight excluding hydrogens is 220 g/mol. The van der Waals surface area contributed by atoms with Crippen LogP contribution in [0.25, 0.3) is 0 Å². The molecule has 3 aliphatic rings. The fraction of sp³-hybridized carbons (Fsp3) is 0.917. The second-order valence-corrected chi connectivity index (χ2v) is 5.67. The molecule has 96 valence electrons. The van der Waals surface area contributed by atoms with Gasteiger partial charge in [0.1, 0.15) is 0 Å². The van der Waals surface area contributed by atoms with Gasteiger partial charge in [0, 0.05) is 25.7 Å². The monoisotopic (exact) mass is 240 g/mol. The van der Waals surface area contributed by atoms with Crippen LogP contribution in [0.2, 0.25) is 0 Å². The SMILES string of the molecule is O=C(O)CC1(NC2CCOC2C2CC2)CNC1. The lowest BCUT2D eigenvalue weighted by Gasteiger charge is -2.45. The van der Waals surface area contributed by atoms with Crippen molar-refractivity contribution in [2.45, 2.75) is 43.4 Å². The summed E-state index contributed by atoms with van der Waals surface area (Å²) in [6, 6.07) is 0.351. The van der Waals surface area contributed by atoms with Crippen LogP contribution in [0.3, 0.4) is 0 Å². The lowest BCUT2D eigenvalue weighted by Crippen LogP contribution is -2.71. The Hall–Kier alpha value is -0.650. The van der Waals surface area contributed by atoms with E-state index in [1.165, 1.54) is 12.8 Å². The summed E-state index contributed by atoms with van der Waals surface area (Å²) in [6.07, 6.45) is 4.08. The van der Waals surface area contributed by atoms with E-state index in [4.69, 9.17) is 9.84 Å². The van der Waals surface area contributed by atoms with Gasteiger partial charge in [-0.1, -0.05) is 0 Å². The predicted molar refractivity (Wildman–Crippen MR) is 61.9 cm³/mol. The molecule has 17 heavy (non-hydrogen) atoms. The van der Waals surface area contributed by atoms with Crippen LogP contribution < -0.4 is 10.6 Å². The highest BCUT2D eigenvalue weighted by Crippen LogP contribution is 2.39. The molecule has 2 atom stereocenters. The van der Waals surface area contributed by atoms with E-state index in [0.717, 1.165) is 26.1 Å². The van der Waals surface area contributed by atoms with Gasteiger partial charge in [0.25, 0.3) is 0 Å². The molecule has 0 aromatic rings. The number of hydrogen-bond donors (Lipinski definition) is 3. The van der Waals surface area contributed by atoms with Gasteiger partial charge in [-0.15, -0.1) is 0 Å². The van der Waals surface area contributed by atoms with Gasteiger partial charge >= 0.3 is 5.97 Å². The molecule has 3 fully saturated rings. The van der Waals surface area contributed by atoms with Gasteiger partial charge in [0.05, 0.1) is 18.1 Å². The molecule has 0 amide bonds. The Morgan fingerprint density at radius 1 is 1.41 bits per heavy atom. The van der Waals surface area contributed by atoms with Crippen molar-refractivity contribution in [3.05, 3.63) is 0 Å². The lowest BCUT2D eigenvalue weighted by molar-refractivity contribution is -0.139. The summed E-state index contributed by atoms with van der Waals surface area (Å²) in [7, 11) is 0. The van der Waals surface area contributed by atoms with Crippen LogP contribution in [-0.2, 0) is 9.53 Å². The smallest absolute Gasteiger partial charge is 0.305 e. The Morgan fingerprint density at radius 3 is 2.71 bits per heavy atom. The first-order valence-electron chi connectivity index (χ1n) is 6.50. The van der Waals surface area contributed by atoms with Gasteiger partial charge in [-0.05, 0) is 25.2 Å². The second kappa shape index (κ2) is 4.23. The van der Waals surface area contributed by atoms with Crippen LogP contribution >= 0.6 is 0 Å². The maximum atomic E-state index is 10.9. The van der Waals surface area contributed by atoms with Crippen molar-refractivity contribution in [3.8, 4) is 0 Å². The fourth-order valence-electron chi connectivity index (χ4n) is 3.04. The summed E-state index contributed by atoms with van der Waals surface area (Å²) in [5.74, 6) is -0.00852. The van der Waals surface area contributed by atoms with Crippen LogP contribution in [0.4, 0.5) is 0 Å². The number of nitrogens with one attached hydrogen (secondary N) is 2. The maximum Gasteiger partial charge on any atom is 0.305 e. The number of ether oxygens (including phenoxy) is 1. The largest absolute Gasteiger partial charge is 0.481 e. The van der Waals surface area contributed by atoms with Crippen molar-refractivity contribution >= 4 is 5.97 Å². The number of aliphatic carboxylic acids is 1. The van der Waals surface area contributed by atoms with Gasteiger partial charge < -0.3 is 20.5 Å². The van der Waals surface area contributed by atoms with Crippen LogP contribution in [-0.4, -0.2) is 48.5 Å². The average molecular weight is 240 g/mol. The molecule has 2 saturated heterocycles. The summed E-state index contributed by atoms with van der Waals surface area (Å²) < 4.78 is 5.78. The van der Waals surface area contributed by atoms with E-state index in [-0.39, 0.29) is 12.0 Å². The highest BCUT2D eigenvalue weighted by atomic mass is 16.5. The van der Waals surface area contributed by atoms with E-state index in [2.05, 4.69) is 10.6 Å². The first kappa shape index (κ1) is 11.4. The normalized spacial score (nSPS) is 35.5. The van der Waals surface area contributed by atoms with Gasteiger partial charge in [-0.2, -0.15) is 0 Å². The summed E-state index contributed by atoms with van der Waals surface area (Å²) >= 11 is 0. The van der Waals surface area contributed by atoms with Crippen molar-refractivity contribution in [2.75, 3.05) is 19.7 Å². The van der Waals surface area contributed by atoms with Gasteiger partial charge in [-0.25, -0.2) is 0 Å². The summed E-state index contributed by atoms with van der Waals surface area (Å²) in [5, 5.41) is 15.7. The minimum absolute atomic E-state index is 0.202. The minimum atomic E-state index is -0.721. The van der Waals surface area contributed by atoms with E-state index in [1.807, 2.05) is 0 Å². The summed E-state index contributed by atoms with van der Waals surface area (Å²) in [6.45, 7) is 2.33. The second-order valence-electron chi connectivity index (χ2n) is 5.67. The van der Waals surface area contributed by atoms with E-state index in [9.17, 15) is 4.79 Å². The van der Waals surface area contributed by atoms with Crippen LogP contribution in [0.15, 0.2) is 0 Å². The zero-order chi connectivity index (χ0) is 11.9. The number of carboxylic acids is 1. The molecule has 0 radical (unpaired) electrons. The van der Waals surface area contributed by atoms with Crippen LogP contribution in [0.1, 0.15) is 25.7 Å². The number of hydrogen-bond acceptors (Lipinski definition) is 4. The number of carboxylic acid groups (broad SMARTS) is 1. The lowest BCUT2D eigenvalue weighted by atomic mass is 9.86. The van der Waals surface area contributed by atoms with Gasteiger partial charge in [0.2, 0.25) is 0 Å². The first-order valence-corrected chi connectivity index (χ1v) is 6.50. The molecule has 0 aromatic heterocycles. The van der Waals surface area contributed by atoms with Crippen LogP contribution in [0.5, 0.6) is 0 Å². The molecule has 3 rings (SSSR count). The molecule has 0 bridgehead atoms. The van der Waals surface area contributed by atoms with Crippen molar-refractivity contribution in [2.24, 2.45) is 5.92 Å². The van der Waals surface area contributed by atoms with Gasteiger partial charge in [0.15, 0.2) is 0 Å². The van der Waals surface area contributed by atoms with E-state index in [1.54, 1.807) is 0 Å². The third-order valence-corrected chi connectivity index (χ3v) is 4.13.